The number of rotatable bonds is 6. The lowest BCUT2D eigenvalue weighted by atomic mass is 9.89. The molecule has 1 aliphatic rings. The van der Waals surface area contributed by atoms with Crippen LogP contribution in [0, 0.1) is 5.92 Å². The minimum Gasteiger partial charge on any atom is -0.467 e. The van der Waals surface area contributed by atoms with Crippen LogP contribution in [0.2, 0.25) is 0 Å². The number of carbonyl (C=O) groups excluding carboxylic acids is 1. The maximum absolute atomic E-state index is 12.6. The first-order chi connectivity index (χ1) is 9.74. The first-order valence-electron chi connectivity index (χ1n) is 7.81. The lowest BCUT2D eigenvalue weighted by molar-refractivity contribution is 0.0713. The van der Waals surface area contributed by atoms with Crippen molar-refractivity contribution >= 4 is 18.3 Å². The molecule has 1 aliphatic carbocycles. The topological polar surface area (TPSA) is 59.5 Å². The lowest BCUT2D eigenvalue weighted by Crippen LogP contribution is -2.36. The third-order valence-corrected chi connectivity index (χ3v) is 4.09. The smallest absolute Gasteiger partial charge is 0.257 e. The van der Waals surface area contributed by atoms with Gasteiger partial charge in [-0.25, -0.2) is 0 Å². The van der Waals surface area contributed by atoms with Crippen molar-refractivity contribution in [2.75, 3.05) is 13.1 Å². The molecule has 1 amide bonds. The highest BCUT2D eigenvalue weighted by Gasteiger charge is 2.22. The Labute approximate surface area is 133 Å². The van der Waals surface area contributed by atoms with Crippen LogP contribution < -0.4 is 5.73 Å². The Balaban J connectivity index is 0.00000220. The van der Waals surface area contributed by atoms with Crippen molar-refractivity contribution in [3.8, 4) is 0 Å². The largest absolute Gasteiger partial charge is 0.467 e. The van der Waals surface area contributed by atoms with E-state index in [1.54, 1.807) is 6.07 Å². The first kappa shape index (κ1) is 18.1. The van der Waals surface area contributed by atoms with E-state index in [0.717, 1.165) is 19.5 Å². The minimum absolute atomic E-state index is 0. The maximum atomic E-state index is 12.6. The molecular formula is C16H27ClN2O2. The van der Waals surface area contributed by atoms with Gasteiger partial charge in [0.25, 0.3) is 5.91 Å². The van der Waals surface area contributed by atoms with Gasteiger partial charge in [0.15, 0.2) is 0 Å². The molecule has 2 N–H and O–H groups in total. The number of furan rings is 1. The normalized spacial score (nSPS) is 15.5. The summed E-state index contributed by atoms with van der Waals surface area (Å²) in [7, 11) is 0. The highest BCUT2D eigenvalue weighted by molar-refractivity contribution is 5.94. The fraction of sp³-hybridized carbons (Fsp3) is 0.688. The minimum atomic E-state index is 0. The third-order valence-electron chi connectivity index (χ3n) is 4.09. The summed E-state index contributed by atoms with van der Waals surface area (Å²) in [4.78, 5) is 14.6. The molecule has 0 bridgehead atoms. The standard InChI is InChI=1S/C16H26N2O2.ClH/c1-2-8-18(11-13-6-4-3-5-7-13)16(19)14-9-15(10-17)20-12-14;/h9,12-13H,2-8,10-11,17H2,1H3;1H. The van der Waals surface area contributed by atoms with Crippen LogP contribution in [0.3, 0.4) is 0 Å². The number of hydrogen-bond donors (Lipinski definition) is 1. The number of carbonyl (C=O) groups is 1. The fourth-order valence-electron chi connectivity index (χ4n) is 3.01. The second-order valence-corrected chi connectivity index (χ2v) is 5.76. The average Bonchev–Trinajstić information content (AvgIpc) is 2.96. The van der Waals surface area contributed by atoms with Gasteiger partial charge < -0.3 is 15.1 Å². The quantitative estimate of drug-likeness (QED) is 0.873. The maximum Gasteiger partial charge on any atom is 0.257 e. The molecule has 1 aromatic heterocycles. The lowest BCUT2D eigenvalue weighted by Gasteiger charge is -2.29. The van der Waals surface area contributed by atoms with E-state index in [-0.39, 0.29) is 18.3 Å². The van der Waals surface area contributed by atoms with Crippen LogP contribution in [-0.4, -0.2) is 23.9 Å². The molecule has 0 aromatic carbocycles. The molecule has 1 saturated carbocycles. The van der Waals surface area contributed by atoms with Gasteiger partial charge in [-0.1, -0.05) is 26.2 Å². The molecule has 1 fully saturated rings. The van der Waals surface area contributed by atoms with E-state index in [1.807, 2.05) is 4.90 Å². The average molecular weight is 315 g/mol. The highest BCUT2D eigenvalue weighted by atomic mass is 35.5. The number of nitrogens with two attached hydrogens (primary N) is 1. The van der Waals surface area contributed by atoms with E-state index in [2.05, 4.69) is 6.92 Å². The van der Waals surface area contributed by atoms with Gasteiger partial charge in [-0.15, -0.1) is 12.4 Å². The van der Waals surface area contributed by atoms with Crippen LogP contribution in [0.4, 0.5) is 0 Å². The number of amides is 1. The summed E-state index contributed by atoms with van der Waals surface area (Å²) in [6, 6.07) is 1.77. The molecule has 21 heavy (non-hydrogen) atoms. The summed E-state index contributed by atoms with van der Waals surface area (Å²) in [6.45, 7) is 4.15. The van der Waals surface area contributed by atoms with Crippen LogP contribution in [0.25, 0.3) is 0 Å². The Kier molecular flexibility index (Phi) is 7.83. The van der Waals surface area contributed by atoms with Crippen LogP contribution in [0.5, 0.6) is 0 Å². The molecule has 5 heteroatoms. The summed E-state index contributed by atoms with van der Waals surface area (Å²) in [5, 5.41) is 0. The van der Waals surface area contributed by atoms with Crippen LogP contribution >= 0.6 is 12.4 Å². The molecule has 0 atom stereocenters. The Hall–Kier alpha value is -1.00. The van der Waals surface area contributed by atoms with Gasteiger partial charge in [0, 0.05) is 13.1 Å². The van der Waals surface area contributed by atoms with Crippen LogP contribution in [0.15, 0.2) is 16.7 Å². The van der Waals surface area contributed by atoms with Crippen LogP contribution in [0.1, 0.15) is 61.6 Å². The van der Waals surface area contributed by atoms with Gasteiger partial charge >= 0.3 is 0 Å². The van der Waals surface area contributed by atoms with E-state index in [0.29, 0.717) is 23.8 Å². The summed E-state index contributed by atoms with van der Waals surface area (Å²) >= 11 is 0. The fourth-order valence-corrected chi connectivity index (χ4v) is 3.01. The van der Waals surface area contributed by atoms with Crippen LogP contribution in [-0.2, 0) is 6.54 Å². The Morgan fingerprint density at radius 2 is 2.10 bits per heavy atom. The first-order valence-corrected chi connectivity index (χ1v) is 7.81. The molecule has 0 unspecified atom stereocenters. The molecular weight excluding hydrogens is 288 g/mol. The van der Waals surface area contributed by atoms with Gasteiger partial charge in [-0.3, -0.25) is 4.79 Å². The van der Waals surface area contributed by atoms with Gasteiger partial charge in [0.05, 0.1) is 12.1 Å². The Bertz CT molecular complexity index is 428. The SMILES string of the molecule is CCCN(CC1CCCCC1)C(=O)c1coc(CN)c1.Cl. The molecule has 0 aliphatic heterocycles. The highest BCUT2D eigenvalue weighted by Crippen LogP contribution is 2.25. The summed E-state index contributed by atoms with van der Waals surface area (Å²) in [5.41, 5.74) is 6.16. The van der Waals surface area contributed by atoms with Crippen molar-refractivity contribution in [3.05, 3.63) is 23.7 Å². The summed E-state index contributed by atoms with van der Waals surface area (Å²) < 4.78 is 5.28. The molecule has 0 saturated heterocycles. The zero-order chi connectivity index (χ0) is 14.4. The molecule has 2 rings (SSSR count). The second kappa shape index (κ2) is 9.11. The van der Waals surface area contributed by atoms with Crippen molar-refractivity contribution in [2.24, 2.45) is 11.7 Å². The molecule has 0 spiro atoms. The molecule has 4 nitrogen and oxygen atoms in total. The number of nitrogens with zero attached hydrogens (tertiary/aromatic N) is 1. The van der Waals surface area contributed by atoms with Crippen molar-refractivity contribution in [1.29, 1.82) is 0 Å². The summed E-state index contributed by atoms with van der Waals surface area (Å²) in [6.07, 6.45) is 9.00. The Morgan fingerprint density at radius 1 is 1.38 bits per heavy atom. The van der Waals surface area contributed by atoms with Crippen molar-refractivity contribution in [1.82, 2.24) is 4.90 Å². The number of hydrogen-bond acceptors (Lipinski definition) is 3. The predicted molar refractivity (Wildman–Crippen MR) is 86.6 cm³/mol. The van der Waals surface area contributed by atoms with E-state index in [9.17, 15) is 4.79 Å². The van der Waals surface area contributed by atoms with E-state index < -0.39 is 0 Å². The van der Waals surface area contributed by atoms with E-state index >= 15 is 0 Å². The summed E-state index contributed by atoms with van der Waals surface area (Å²) in [5.74, 6) is 1.42. The monoisotopic (exact) mass is 314 g/mol. The van der Waals surface area contributed by atoms with Crippen molar-refractivity contribution in [3.63, 3.8) is 0 Å². The van der Waals surface area contributed by atoms with Crippen molar-refractivity contribution < 1.29 is 9.21 Å². The van der Waals surface area contributed by atoms with Gasteiger partial charge in [0.2, 0.25) is 0 Å². The molecule has 1 aromatic rings. The van der Waals surface area contributed by atoms with Gasteiger partial charge in [-0.05, 0) is 31.2 Å². The predicted octanol–water partition coefficient (Wildman–Crippen LogP) is 3.59. The molecule has 0 radical (unpaired) electrons. The van der Waals surface area contributed by atoms with E-state index in [1.165, 1.54) is 38.4 Å². The molecule has 1 heterocycles. The zero-order valence-electron chi connectivity index (χ0n) is 12.8. The number of halogens is 1. The van der Waals surface area contributed by atoms with Crippen molar-refractivity contribution in [2.45, 2.75) is 52.0 Å². The van der Waals surface area contributed by atoms with Gasteiger partial charge in [0.1, 0.15) is 12.0 Å². The van der Waals surface area contributed by atoms with Gasteiger partial charge in [-0.2, -0.15) is 0 Å². The van der Waals surface area contributed by atoms with E-state index in [4.69, 9.17) is 10.2 Å². The molecule has 120 valence electrons. The zero-order valence-corrected chi connectivity index (χ0v) is 13.7. The second-order valence-electron chi connectivity index (χ2n) is 5.76. The third kappa shape index (κ3) is 5.04. The Morgan fingerprint density at radius 3 is 2.67 bits per heavy atom.